The molecule has 0 bridgehead atoms. The molecule has 0 aliphatic carbocycles. The molecule has 0 amide bonds. The van der Waals surface area contributed by atoms with Gasteiger partial charge < -0.3 is 0 Å². The molecule has 1 rings (SSSR count). The van der Waals surface area contributed by atoms with Crippen molar-refractivity contribution in [3.05, 3.63) is 47.5 Å². The van der Waals surface area contributed by atoms with Crippen molar-refractivity contribution >= 4 is 0 Å². The van der Waals surface area contributed by atoms with E-state index in [0.29, 0.717) is 5.92 Å². The van der Waals surface area contributed by atoms with E-state index in [-0.39, 0.29) is 0 Å². The molecule has 1 aromatic rings. The van der Waals surface area contributed by atoms with Crippen molar-refractivity contribution in [3.63, 3.8) is 0 Å². The molecule has 0 aromatic heterocycles. The minimum Gasteiger partial charge on any atom is -0.0882 e. The van der Waals surface area contributed by atoms with E-state index in [2.05, 4.69) is 57.2 Å². The van der Waals surface area contributed by atoms with Crippen LogP contribution in [0.5, 0.6) is 0 Å². The molecule has 0 radical (unpaired) electrons. The van der Waals surface area contributed by atoms with Crippen molar-refractivity contribution in [3.8, 4) is 0 Å². The average molecular weight is 272 g/mol. The summed E-state index contributed by atoms with van der Waals surface area (Å²) in [6.45, 7) is 6.74. The second kappa shape index (κ2) is 10.7. The fourth-order valence-corrected chi connectivity index (χ4v) is 2.55. The van der Waals surface area contributed by atoms with Gasteiger partial charge in [-0.05, 0) is 36.3 Å². The fourth-order valence-electron chi connectivity index (χ4n) is 2.55. The summed E-state index contributed by atoms with van der Waals surface area (Å²) < 4.78 is 0. The van der Waals surface area contributed by atoms with Gasteiger partial charge in [0.25, 0.3) is 0 Å². The van der Waals surface area contributed by atoms with E-state index in [1.165, 1.54) is 56.1 Å². The molecule has 1 atom stereocenters. The van der Waals surface area contributed by atoms with Crippen LogP contribution >= 0.6 is 0 Å². The topological polar surface area (TPSA) is 0 Å². The minimum atomic E-state index is 0.540. The molecule has 0 N–H and O–H groups in total. The summed E-state index contributed by atoms with van der Waals surface area (Å²) in [5.41, 5.74) is 2.93. The molecule has 112 valence electrons. The quantitative estimate of drug-likeness (QED) is 0.330. The largest absolute Gasteiger partial charge is 0.0882 e. The van der Waals surface area contributed by atoms with Crippen LogP contribution < -0.4 is 0 Å². The molecule has 0 spiro atoms. The highest BCUT2D eigenvalue weighted by atomic mass is 14.1. The first-order valence-electron chi connectivity index (χ1n) is 8.53. The van der Waals surface area contributed by atoms with Crippen molar-refractivity contribution in [1.82, 2.24) is 0 Å². The summed E-state index contributed by atoms with van der Waals surface area (Å²) in [5.74, 6) is 0.540. The van der Waals surface area contributed by atoms with E-state index >= 15 is 0 Å². The van der Waals surface area contributed by atoms with Gasteiger partial charge in [0, 0.05) is 0 Å². The minimum absolute atomic E-state index is 0.540. The van der Waals surface area contributed by atoms with Gasteiger partial charge in [-0.15, -0.1) is 0 Å². The molecule has 0 heterocycles. The maximum absolute atomic E-state index is 2.32. The van der Waals surface area contributed by atoms with Crippen LogP contribution in [0.15, 0.2) is 36.4 Å². The SMILES string of the molecule is CC/C=C\C(C)c1ccc(CCCCCCCC)cc1. The van der Waals surface area contributed by atoms with Gasteiger partial charge in [0.2, 0.25) is 0 Å². The van der Waals surface area contributed by atoms with Gasteiger partial charge in [-0.3, -0.25) is 0 Å². The van der Waals surface area contributed by atoms with Crippen LogP contribution in [0.1, 0.15) is 82.8 Å². The molecule has 0 aliphatic heterocycles. The van der Waals surface area contributed by atoms with Gasteiger partial charge in [-0.2, -0.15) is 0 Å². The number of hydrogen-bond acceptors (Lipinski definition) is 0. The predicted octanol–water partition coefficient (Wildman–Crippen LogP) is 6.66. The van der Waals surface area contributed by atoms with Crippen molar-refractivity contribution in [2.24, 2.45) is 0 Å². The van der Waals surface area contributed by atoms with Gasteiger partial charge in [0.1, 0.15) is 0 Å². The third-order valence-electron chi connectivity index (χ3n) is 3.98. The first-order chi connectivity index (χ1) is 9.77. The number of allylic oxidation sites excluding steroid dienone is 2. The zero-order valence-corrected chi connectivity index (χ0v) is 13.7. The van der Waals surface area contributed by atoms with E-state index < -0.39 is 0 Å². The number of rotatable bonds is 10. The lowest BCUT2D eigenvalue weighted by Gasteiger charge is -2.08. The van der Waals surface area contributed by atoms with Gasteiger partial charge in [-0.1, -0.05) is 89.3 Å². The zero-order valence-electron chi connectivity index (χ0n) is 13.7. The Morgan fingerprint density at radius 1 is 0.900 bits per heavy atom. The maximum Gasteiger partial charge on any atom is -0.00104 e. The lowest BCUT2D eigenvalue weighted by atomic mass is 9.97. The summed E-state index contributed by atoms with van der Waals surface area (Å²) in [4.78, 5) is 0. The van der Waals surface area contributed by atoms with Crippen LogP contribution in [0.25, 0.3) is 0 Å². The Hall–Kier alpha value is -1.04. The van der Waals surface area contributed by atoms with Crippen LogP contribution in [0.2, 0.25) is 0 Å². The van der Waals surface area contributed by atoms with Crippen molar-refractivity contribution < 1.29 is 0 Å². The van der Waals surface area contributed by atoms with E-state index in [4.69, 9.17) is 0 Å². The first kappa shape index (κ1) is 17.0. The normalized spacial score (nSPS) is 12.9. The Bertz CT molecular complexity index is 358. The lowest BCUT2D eigenvalue weighted by Crippen LogP contribution is -1.91. The van der Waals surface area contributed by atoms with Crippen LogP contribution in [0.4, 0.5) is 0 Å². The van der Waals surface area contributed by atoms with E-state index in [0.717, 1.165) is 6.42 Å². The first-order valence-corrected chi connectivity index (χ1v) is 8.53. The molecule has 0 fully saturated rings. The summed E-state index contributed by atoms with van der Waals surface area (Å²) >= 11 is 0. The van der Waals surface area contributed by atoms with E-state index in [9.17, 15) is 0 Å². The molecular formula is C20H32. The monoisotopic (exact) mass is 272 g/mol. The summed E-state index contributed by atoms with van der Waals surface area (Å²) in [6, 6.07) is 9.24. The number of aryl methyl sites for hydroxylation is 1. The van der Waals surface area contributed by atoms with E-state index in [1.807, 2.05) is 0 Å². The zero-order chi connectivity index (χ0) is 14.6. The highest BCUT2D eigenvalue weighted by Gasteiger charge is 2.01. The Labute approximate surface area is 126 Å². The third kappa shape index (κ3) is 6.93. The predicted molar refractivity (Wildman–Crippen MR) is 91.4 cm³/mol. The lowest BCUT2D eigenvalue weighted by molar-refractivity contribution is 0.607. The van der Waals surface area contributed by atoms with Gasteiger partial charge in [-0.25, -0.2) is 0 Å². The van der Waals surface area contributed by atoms with Crippen molar-refractivity contribution in [1.29, 1.82) is 0 Å². The highest BCUT2D eigenvalue weighted by molar-refractivity contribution is 5.27. The molecule has 1 unspecified atom stereocenters. The second-order valence-corrected chi connectivity index (χ2v) is 5.88. The molecule has 0 saturated heterocycles. The van der Waals surface area contributed by atoms with Crippen LogP contribution in [-0.4, -0.2) is 0 Å². The third-order valence-corrected chi connectivity index (χ3v) is 3.98. The Kier molecular flexibility index (Phi) is 9.11. The number of unbranched alkanes of at least 4 members (excludes halogenated alkanes) is 5. The smallest absolute Gasteiger partial charge is 0.00104 e. The Morgan fingerprint density at radius 3 is 2.20 bits per heavy atom. The second-order valence-electron chi connectivity index (χ2n) is 5.88. The molecule has 0 nitrogen and oxygen atoms in total. The van der Waals surface area contributed by atoms with Crippen LogP contribution in [-0.2, 0) is 6.42 Å². The van der Waals surface area contributed by atoms with Crippen LogP contribution in [0, 0.1) is 0 Å². The molecular weight excluding hydrogens is 240 g/mol. The molecule has 0 heteroatoms. The van der Waals surface area contributed by atoms with E-state index in [1.54, 1.807) is 0 Å². The van der Waals surface area contributed by atoms with Gasteiger partial charge >= 0.3 is 0 Å². The van der Waals surface area contributed by atoms with Crippen LogP contribution in [0.3, 0.4) is 0 Å². The Balaban J connectivity index is 2.29. The standard InChI is InChI=1S/C20H32/c1-4-6-8-9-10-11-13-19-14-16-20(17-15-19)18(3)12-7-5-2/h7,12,14-18H,4-6,8-11,13H2,1-3H3/b12-7-. The molecule has 1 aromatic carbocycles. The summed E-state index contributed by atoms with van der Waals surface area (Å²) in [5, 5.41) is 0. The fraction of sp³-hybridized carbons (Fsp3) is 0.600. The molecule has 0 saturated carbocycles. The van der Waals surface area contributed by atoms with Crippen molar-refractivity contribution in [2.45, 2.75) is 78.1 Å². The van der Waals surface area contributed by atoms with Gasteiger partial charge in [0.05, 0.1) is 0 Å². The Morgan fingerprint density at radius 2 is 1.55 bits per heavy atom. The number of benzene rings is 1. The average Bonchev–Trinajstić information content (AvgIpc) is 2.49. The molecule has 0 aliphatic rings. The molecule has 20 heavy (non-hydrogen) atoms. The maximum atomic E-state index is 2.32. The summed E-state index contributed by atoms with van der Waals surface area (Å²) in [6.07, 6.45) is 15.2. The van der Waals surface area contributed by atoms with Crippen molar-refractivity contribution in [2.75, 3.05) is 0 Å². The van der Waals surface area contributed by atoms with Gasteiger partial charge in [0.15, 0.2) is 0 Å². The summed E-state index contributed by atoms with van der Waals surface area (Å²) in [7, 11) is 0. The highest BCUT2D eigenvalue weighted by Crippen LogP contribution is 2.18. The number of hydrogen-bond donors (Lipinski definition) is 0.